The van der Waals surface area contributed by atoms with Gasteiger partial charge in [-0.15, -0.1) is 0 Å². The van der Waals surface area contributed by atoms with Crippen molar-refractivity contribution in [2.75, 3.05) is 0 Å². The zero-order valence-corrected chi connectivity index (χ0v) is 10.9. The molecule has 94 valence electrons. The normalized spacial score (nSPS) is 12.2. The van der Waals surface area contributed by atoms with Gasteiger partial charge in [0, 0.05) is 34.6 Å². The predicted octanol–water partition coefficient (Wildman–Crippen LogP) is 3.33. The van der Waals surface area contributed by atoms with Gasteiger partial charge < -0.3 is 10.5 Å². The summed E-state index contributed by atoms with van der Waals surface area (Å²) in [5.41, 5.74) is 7.83. The Kier molecular flexibility index (Phi) is 4.18. The molecular formula is C14H15ClN2O. The van der Waals surface area contributed by atoms with Crippen LogP contribution in [0.3, 0.4) is 0 Å². The van der Waals surface area contributed by atoms with E-state index in [9.17, 15) is 0 Å². The smallest absolute Gasteiger partial charge is 0.124 e. The first kappa shape index (κ1) is 12.9. The van der Waals surface area contributed by atoms with Crippen LogP contribution in [0.25, 0.3) is 0 Å². The molecule has 0 aliphatic carbocycles. The third-order valence-electron chi connectivity index (χ3n) is 2.58. The second-order valence-electron chi connectivity index (χ2n) is 4.12. The van der Waals surface area contributed by atoms with Crippen LogP contribution in [0.2, 0.25) is 5.02 Å². The van der Waals surface area contributed by atoms with Gasteiger partial charge in [0.15, 0.2) is 0 Å². The van der Waals surface area contributed by atoms with Gasteiger partial charge >= 0.3 is 0 Å². The molecule has 18 heavy (non-hydrogen) atoms. The van der Waals surface area contributed by atoms with E-state index in [0.29, 0.717) is 11.6 Å². The molecule has 1 atom stereocenters. The van der Waals surface area contributed by atoms with Gasteiger partial charge in [-0.25, -0.2) is 0 Å². The van der Waals surface area contributed by atoms with Crippen LogP contribution in [0, 0.1) is 0 Å². The van der Waals surface area contributed by atoms with Crippen molar-refractivity contribution < 1.29 is 4.74 Å². The van der Waals surface area contributed by atoms with Crippen LogP contribution in [0.5, 0.6) is 5.75 Å². The van der Waals surface area contributed by atoms with Crippen LogP contribution in [0.4, 0.5) is 0 Å². The van der Waals surface area contributed by atoms with Crippen molar-refractivity contribution in [3.63, 3.8) is 0 Å². The van der Waals surface area contributed by atoms with Crippen LogP contribution in [0.1, 0.15) is 24.1 Å². The minimum Gasteiger partial charge on any atom is -0.489 e. The summed E-state index contributed by atoms with van der Waals surface area (Å²) in [5.74, 6) is 0.762. The molecule has 0 saturated heterocycles. The fourth-order valence-corrected chi connectivity index (χ4v) is 1.83. The lowest BCUT2D eigenvalue weighted by Crippen LogP contribution is -2.08. The Bertz CT molecular complexity index is 514. The topological polar surface area (TPSA) is 48.1 Å². The van der Waals surface area contributed by atoms with Crippen LogP contribution < -0.4 is 10.5 Å². The lowest BCUT2D eigenvalue weighted by molar-refractivity contribution is 0.301. The maximum Gasteiger partial charge on any atom is 0.124 e. The van der Waals surface area contributed by atoms with E-state index in [4.69, 9.17) is 22.1 Å². The van der Waals surface area contributed by atoms with Gasteiger partial charge in [-0.1, -0.05) is 17.7 Å². The van der Waals surface area contributed by atoms with E-state index in [-0.39, 0.29) is 6.04 Å². The van der Waals surface area contributed by atoms with Crippen molar-refractivity contribution in [2.45, 2.75) is 19.6 Å². The molecule has 0 aliphatic rings. The molecule has 1 unspecified atom stereocenters. The summed E-state index contributed by atoms with van der Waals surface area (Å²) < 4.78 is 5.76. The van der Waals surface area contributed by atoms with Crippen molar-refractivity contribution in [1.82, 2.24) is 4.98 Å². The molecule has 2 rings (SSSR count). The number of ether oxygens (including phenoxy) is 1. The van der Waals surface area contributed by atoms with Crippen molar-refractivity contribution in [1.29, 1.82) is 0 Å². The van der Waals surface area contributed by atoms with Crippen molar-refractivity contribution in [2.24, 2.45) is 5.73 Å². The van der Waals surface area contributed by atoms with Gasteiger partial charge in [0.2, 0.25) is 0 Å². The number of hydrogen-bond donors (Lipinski definition) is 1. The van der Waals surface area contributed by atoms with Gasteiger partial charge in [-0.3, -0.25) is 4.98 Å². The van der Waals surface area contributed by atoms with Gasteiger partial charge in [0.05, 0.1) is 0 Å². The fraction of sp³-hybridized carbons (Fsp3) is 0.214. The molecule has 0 aliphatic heterocycles. The second kappa shape index (κ2) is 5.85. The minimum atomic E-state index is -0.118. The maximum absolute atomic E-state index is 5.96. The Balaban J connectivity index is 2.14. The summed E-state index contributed by atoms with van der Waals surface area (Å²) in [6, 6.07) is 9.21. The van der Waals surface area contributed by atoms with Gasteiger partial charge in [0.1, 0.15) is 12.4 Å². The standard InChI is InChI=1S/C14H15ClN2O/c1-10(16)13-7-12(15)4-5-14(13)18-9-11-3-2-6-17-8-11/h2-8,10H,9,16H2,1H3. The molecular weight excluding hydrogens is 248 g/mol. The highest BCUT2D eigenvalue weighted by Gasteiger charge is 2.09. The molecule has 3 nitrogen and oxygen atoms in total. The summed E-state index contributed by atoms with van der Waals surface area (Å²) in [6.07, 6.45) is 3.51. The number of halogens is 1. The zero-order valence-electron chi connectivity index (χ0n) is 10.1. The molecule has 1 aromatic carbocycles. The average Bonchev–Trinajstić information content (AvgIpc) is 2.38. The van der Waals surface area contributed by atoms with Crippen LogP contribution in [-0.4, -0.2) is 4.98 Å². The van der Waals surface area contributed by atoms with Gasteiger partial charge in [0.25, 0.3) is 0 Å². The van der Waals surface area contributed by atoms with Crippen LogP contribution in [0.15, 0.2) is 42.7 Å². The third kappa shape index (κ3) is 3.22. The second-order valence-corrected chi connectivity index (χ2v) is 4.56. The van der Waals surface area contributed by atoms with Crippen molar-refractivity contribution in [3.05, 3.63) is 58.9 Å². The molecule has 2 N–H and O–H groups in total. The maximum atomic E-state index is 5.96. The highest BCUT2D eigenvalue weighted by Crippen LogP contribution is 2.27. The summed E-state index contributed by atoms with van der Waals surface area (Å²) in [4.78, 5) is 4.04. The van der Waals surface area contributed by atoms with E-state index < -0.39 is 0 Å². The fourth-order valence-electron chi connectivity index (χ4n) is 1.65. The molecule has 0 bridgehead atoms. The quantitative estimate of drug-likeness (QED) is 0.919. The first-order chi connectivity index (χ1) is 8.66. The average molecular weight is 263 g/mol. The summed E-state index contributed by atoms with van der Waals surface area (Å²) in [7, 11) is 0. The molecule has 0 fully saturated rings. The summed E-state index contributed by atoms with van der Waals surface area (Å²) in [6.45, 7) is 2.37. The molecule has 0 saturated carbocycles. The van der Waals surface area contributed by atoms with Gasteiger partial charge in [-0.05, 0) is 31.2 Å². The Morgan fingerprint density at radius 3 is 2.89 bits per heavy atom. The first-order valence-electron chi connectivity index (χ1n) is 5.73. The highest BCUT2D eigenvalue weighted by atomic mass is 35.5. The molecule has 2 aromatic rings. The number of aromatic nitrogens is 1. The molecule has 0 radical (unpaired) electrons. The lowest BCUT2D eigenvalue weighted by Gasteiger charge is -2.14. The largest absolute Gasteiger partial charge is 0.489 e. The number of rotatable bonds is 4. The Labute approximate surface area is 112 Å². The Morgan fingerprint density at radius 2 is 2.22 bits per heavy atom. The SMILES string of the molecule is CC(N)c1cc(Cl)ccc1OCc1cccnc1. The number of nitrogens with zero attached hydrogens (tertiary/aromatic N) is 1. The predicted molar refractivity (Wildman–Crippen MR) is 72.6 cm³/mol. The van der Waals surface area contributed by atoms with Crippen molar-refractivity contribution in [3.8, 4) is 5.75 Å². The van der Waals surface area contributed by atoms with E-state index in [0.717, 1.165) is 16.9 Å². The van der Waals surface area contributed by atoms with Crippen molar-refractivity contribution >= 4 is 11.6 Å². The minimum absolute atomic E-state index is 0.118. The van der Waals surface area contributed by atoms with E-state index in [2.05, 4.69) is 4.98 Å². The van der Waals surface area contributed by atoms with E-state index in [1.54, 1.807) is 18.5 Å². The van der Waals surface area contributed by atoms with E-state index in [1.807, 2.05) is 31.2 Å². The molecule has 1 heterocycles. The van der Waals surface area contributed by atoms with Crippen LogP contribution >= 0.6 is 11.6 Å². The number of nitrogens with two attached hydrogens (primary N) is 1. The number of pyridine rings is 1. The summed E-state index contributed by atoms with van der Waals surface area (Å²) in [5, 5.41) is 0.663. The Morgan fingerprint density at radius 1 is 1.39 bits per heavy atom. The Hall–Kier alpha value is -1.58. The van der Waals surface area contributed by atoms with E-state index in [1.165, 1.54) is 0 Å². The first-order valence-corrected chi connectivity index (χ1v) is 6.11. The number of hydrogen-bond acceptors (Lipinski definition) is 3. The molecule has 0 amide bonds. The van der Waals surface area contributed by atoms with Gasteiger partial charge in [-0.2, -0.15) is 0 Å². The summed E-state index contributed by atoms with van der Waals surface area (Å²) >= 11 is 5.96. The van der Waals surface area contributed by atoms with E-state index >= 15 is 0 Å². The zero-order chi connectivity index (χ0) is 13.0. The molecule has 0 spiro atoms. The molecule has 1 aromatic heterocycles. The monoisotopic (exact) mass is 262 g/mol. The highest BCUT2D eigenvalue weighted by molar-refractivity contribution is 6.30. The third-order valence-corrected chi connectivity index (χ3v) is 2.81. The van der Waals surface area contributed by atoms with Crippen LogP contribution in [-0.2, 0) is 6.61 Å². The molecule has 4 heteroatoms. The lowest BCUT2D eigenvalue weighted by atomic mass is 10.1. The number of benzene rings is 1.